The first-order valence-corrected chi connectivity index (χ1v) is 10.4. The maximum Gasteiger partial charge on any atom is 0.240 e. The summed E-state index contributed by atoms with van der Waals surface area (Å²) in [6, 6.07) is 10.6. The van der Waals surface area contributed by atoms with E-state index in [1.807, 2.05) is 18.2 Å². The molecule has 1 aliphatic rings. The lowest BCUT2D eigenvalue weighted by atomic mass is 10.1. The van der Waals surface area contributed by atoms with Crippen LogP contribution in [-0.4, -0.2) is 57.8 Å². The van der Waals surface area contributed by atoms with Crippen molar-refractivity contribution in [3.8, 4) is 5.75 Å². The quantitative estimate of drug-likeness (QED) is 0.720. The van der Waals surface area contributed by atoms with E-state index in [4.69, 9.17) is 4.74 Å². The summed E-state index contributed by atoms with van der Waals surface area (Å²) in [5, 5.41) is 11.5. The lowest BCUT2D eigenvalue weighted by molar-refractivity contribution is 0.0704. The lowest BCUT2D eigenvalue weighted by Crippen LogP contribution is -2.39. The number of piperidine rings is 1. The Kier molecular flexibility index (Phi) is 6.13. The predicted molar refractivity (Wildman–Crippen MR) is 102 cm³/mol. The van der Waals surface area contributed by atoms with Crippen molar-refractivity contribution in [1.29, 1.82) is 0 Å². The summed E-state index contributed by atoms with van der Waals surface area (Å²) >= 11 is 0. The van der Waals surface area contributed by atoms with Gasteiger partial charge >= 0.3 is 0 Å². The molecule has 3 rings (SSSR count). The van der Waals surface area contributed by atoms with Crippen molar-refractivity contribution in [2.45, 2.75) is 30.3 Å². The second-order valence-corrected chi connectivity index (χ2v) is 8.49. The molecule has 0 aliphatic carbocycles. The molecule has 142 valence electrons. The number of nitrogens with one attached hydrogen (secondary N) is 1. The van der Waals surface area contributed by atoms with E-state index in [1.54, 1.807) is 25.3 Å². The third-order valence-corrected chi connectivity index (χ3v) is 6.21. The number of sulfonamides is 1. The Bertz CT molecular complexity index is 854. The number of β-amino-alcohol motifs (C(OH)–C–C–N with tert-alkyl or cyclic N) is 1. The molecule has 0 unspecified atom stereocenters. The van der Waals surface area contributed by atoms with Gasteiger partial charge in [-0.3, -0.25) is 0 Å². The Morgan fingerprint density at radius 1 is 1.23 bits per heavy atom. The second-order valence-electron chi connectivity index (χ2n) is 6.72. The van der Waals surface area contributed by atoms with Crippen LogP contribution >= 0.6 is 0 Å². The van der Waals surface area contributed by atoms with E-state index >= 15 is 0 Å². The van der Waals surface area contributed by atoms with Gasteiger partial charge in [0, 0.05) is 13.1 Å². The van der Waals surface area contributed by atoms with Gasteiger partial charge in [-0.2, -0.15) is 0 Å². The van der Waals surface area contributed by atoms with Gasteiger partial charge in [0.15, 0.2) is 0 Å². The monoisotopic (exact) mass is 378 g/mol. The number of nitrogens with zero attached hydrogens (tertiary/aromatic N) is 1. The number of hydrogen-bond acceptors (Lipinski definition) is 5. The fourth-order valence-electron chi connectivity index (χ4n) is 3.32. The average molecular weight is 378 g/mol. The van der Waals surface area contributed by atoms with Crippen molar-refractivity contribution in [2.24, 2.45) is 0 Å². The number of methoxy groups -OCH3 is 1. The first kappa shape index (κ1) is 19.1. The average Bonchev–Trinajstić information content (AvgIpc) is 2.64. The van der Waals surface area contributed by atoms with Gasteiger partial charge in [-0.1, -0.05) is 12.1 Å². The smallest absolute Gasteiger partial charge is 0.240 e. The first-order chi connectivity index (χ1) is 12.5. The van der Waals surface area contributed by atoms with Crippen LogP contribution in [0.5, 0.6) is 5.75 Å². The predicted octanol–water partition coefficient (Wildman–Crippen LogP) is 1.97. The number of rotatable bonds is 7. The number of fused-ring (bicyclic) bond motifs is 1. The van der Waals surface area contributed by atoms with Crippen LogP contribution in [-0.2, 0) is 10.0 Å². The van der Waals surface area contributed by atoms with Gasteiger partial charge in [-0.05, 0) is 67.4 Å². The van der Waals surface area contributed by atoms with Crippen LogP contribution in [0.2, 0.25) is 0 Å². The Labute approximate surface area is 154 Å². The Morgan fingerprint density at radius 3 is 2.77 bits per heavy atom. The fraction of sp³-hybridized carbons (Fsp3) is 0.474. The van der Waals surface area contributed by atoms with Crippen LogP contribution < -0.4 is 9.46 Å². The van der Waals surface area contributed by atoms with Gasteiger partial charge in [0.2, 0.25) is 10.0 Å². The van der Waals surface area contributed by atoms with E-state index in [-0.39, 0.29) is 11.0 Å². The molecular formula is C19H26N2O4S. The van der Waals surface area contributed by atoms with Gasteiger partial charge in [0.1, 0.15) is 5.75 Å². The highest BCUT2D eigenvalue weighted by Crippen LogP contribution is 2.23. The standard InChI is InChI=1S/C19H26N2O4S/c1-25-18-7-5-16-13-19(8-6-15(16)12-18)26(23,24)20-9-3-11-21-10-2-4-17(22)14-21/h5-8,12-13,17,20,22H,2-4,9-11,14H2,1H3/t17-/m1/s1. The molecule has 2 aromatic carbocycles. The largest absolute Gasteiger partial charge is 0.497 e. The molecule has 26 heavy (non-hydrogen) atoms. The van der Waals surface area contributed by atoms with Crippen LogP contribution in [0.25, 0.3) is 10.8 Å². The maximum absolute atomic E-state index is 12.5. The van der Waals surface area contributed by atoms with Gasteiger partial charge < -0.3 is 14.7 Å². The molecule has 0 aromatic heterocycles. The van der Waals surface area contributed by atoms with Crippen molar-refractivity contribution < 1.29 is 18.3 Å². The number of benzene rings is 2. The molecule has 0 radical (unpaired) electrons. The van der Waals surface area contributed by atoms with E-state index in [0.717, 1.165) is 48.9 Å². The third-order valence-electron chi connectivity index (χ3n) is 4.75. The van der Waals surface area contributed by atoms with Crippen molar-refractivity contribution >= 4 is 20.8 Å². The van der Waals surface area contributed by atoms with Crippen molar-refractivity contribution in [3.63, 3.8) is 0 Å². The molecule has 1 heterocycles. The number of hydrogen-bond donors (Lipinski definition) is 2. The number of aliphatic hydroxyl groups is 1. The van der Waals surface area contributed by atoms with Crippen LogP contribution in [0.4, 0.5) is 0 Å². The minimum Gasteiger partial charge on any atom is -0.497 e. The van der Waals surface area contributed by atoms with Crippen LogP contribution in [0.15, 0.2) is 41.3 Å². The molecule has 1 fully saturated rings. The van der Waals surface area contributed by atoms with E-state index in [9.17, 15) is 13.5 Å². The Hall–Kier alpha value is -1.67. The molecule has 0 spiro atoms. The SMILES string of the molecule is COc1ccc2cc(S(=O)(=O)NCCCN3CCC[C@@H](O)C3)ccc2c1. The minimum absolute atomic E-state index is 0.253. The molecule has 2 N–H and O–H groups in total. The van der Waals surface area contributed by atoms with Crippen molar-refractivity contribution in [1.82, 2.24) is 9.62 Å². The maximum atomic E-state index is 12.5. The zero-order valence-corrected chi connectivity index (χ0v) is 15.8. The normalized spacial score (nSPS) is 18.9. The molecule has 6 nitrogen and oxygen atoms in total. The van der Waals surface area contributed by atoms with Crippen LogP contribution in [0.1, 0.15) is 19.3 Å². The van der Waals surface area contributed by atoms with Crippen LogP contribution in [0, 0.1) is 0 Å². The Balaban J connectivity index is 1.58. The number of ether oxygens (including phenoxy) is 1. The highest BCUT2D eigenvalue weighted by molar-refractivity contribution is 7.89. The first-order valence-electron chi connectivity index (χ1n) is 8.96. The Morgan fingerprint density at radius 2 is 2.00 bits per heavy atom. The van der Waals surface area contributed by atoms with E-state index in [2.05, 4.69) is 9.62 Å². The third kappa shape index (κ3) is 4.73. The number of likely N-dealkylation sites (tertiary alicyclic amines) is 1. The summed E-state index contributed by atoms with van der Waals surface area (Å²) in [6.45, 7) is 2.82. The molecular weight excluding hydrogens is 352 g/mol. The van der Waals surface area contributed by atoms with E-state index in [1.165, 1.54) is 0 Å². The summed E-state index contributed by atoms with van der Waals surface area (Å²) in [6.07, 6.45) is 2.32. The topological polar surface area (TPSA) is 78.9 Å². The highest BCUT2D eigenvalue weighted by atomic mass is 32.2. The van der Waals surface area contributed by atoms with E-state index < -0.39 is 10.0 Å². The highest BCUT2D eigenvalue weighted by Gasteiger charge is 2.18. The van der Waals surface area contributed by atoms with Crippen molar-refractivity contribution in [3.05, 3.63) is 36.4 Å². The second kappa shape index (κ2) is 8.35. The zero-order chi connectivity index (χ0) is 18.6. The molecule has 0 saturated carbocycles. The van der Waals surface area contributed by atoms with Crippen molar-refractivity contribution in [2.75, 3.05) is 33.3 Å². The molecule has 1 aliphatic heterocycles. The molecule has 2 aromatic rings. The molecule has 1 atom stereocenters. The summed E-state index contributed by atoms with van der Waals surface area (Å²) in [5.74, 6) is 0.745. The molecule has 1 saturated heterocycles. The lowest BCUT2D eigenvalue weighted by Gasteiger charge is -2.29. The fourth-order valence-corrected chi connectivity index (χ4v) is 4.43. The van der Waals surface area contributed by atoms with Gasteiger partial charge in [0.25, 0.3) is 0 Å². The molecule has 7 heteroatoms. The number of aliphatic hydroxyl groups excluding tert-OH is 1. The zero-order valence-electron chi connectivity index (χ0n) is 15.0. The summed E-state index contributed by atoms with van der Waals surface area (Å²) < 4.78 is 32.9. The summed E-state index contributed by atoms with van der Waals surface area (Å²) in [5.41, 5.74) is 0. The minimum atomic E-state index is -3.53. The van der Waals surface area contributed by atoms with Gasteiger partial charge in [-0.25, -0.2) is 13.1 Å². The van der Waals surface area contributed by atoms with Gasteiger partial charge in [0.05, 0.1) is 18.1 Å². The molecule has 0 bridgehead atoms. The van der Waals surface area contributed by atoms with Crippen LogP contribution in [0.3, 0.4) is 0 Å². The molecule has 0 amide bonds. The van der Waals surface area contributed by atoms with Gasteiger partial charge in [-0.15, -0.1) is 0 Å². The summed E-state index contributed by atoms with van der Waals surface area (Å²) in [4.78, 5) is 2.45. The van der Waals surface area contributed by atoms with E-state index in [0.29, 0.717) is 13.1 Å². The summed E-state index contributed by atoms with van der Waals surface area (Å²) in [7, 11) is -1.92.